The van der Waals surface area contributed by atoms with Crippen molar-refractivity contribution >= 4 is 0 Å². The van der Waals surface area contributed by atoms with Crippen LogP contribution in [0.3, 0.4) is 0 Å². The molecule has 1 saturated carbocycles. The zero-order valence-corrected chi connectivity index (χ0v) is 114. The van der Waals surface area contributed by atoms with E-state index in [9.17, 15) is 0 Å². The molecule has 142 heavy (non-hydrogen) atoms. The Morgan fingerprint density at radius 3 is 0.676 bits per heavy atom. The minimum atomic E-state index is 0.306. The second-order valence-electron chi connectivity index (χ2n) is 61.0. The van der Waals surface area contributed by atoms with Crippen molar-refractivity contribution in [2.45, 2.75) is 637 Å². The molecule has 0 heterocycles. The largest absolute Gasteiger partial charge is 0.385 e. The molecular weight excluding hydrogens is 1730 g/mol. The zero-order chi connectivity index (χ0) is 116. The maximum atomic E-state index is 5.30. The van der Waals surface area contributed by atoms with Gasteiger partial charge in [0.25, 0.3) is 0 Å². The van der Waals surface area contributed by atoms with Gasteiger partial charge in [0.2, 0.25) is 0 Å². The SMILES string of the molecule is C=C(C)C(C)(C)C.C=C(C)CCC(C)(C)C.CC(C)(C)C.CC(C)(C)C1CCCCC1.CC(C)C(C)(C)C.CCC(C)(C)C.CCC(C)C(C)(C)C.CCC(C)C(C)(C)C.CCCCCCCC(C)C(C)(C)C.CCOCCC(C)C(C)(C)C.CCOCCCC(C)C(C)(C)C.CCOCCCCC(C)C(C)(C)C.COCCC(C)C(C)(C)C.COCCCC(C)C(C)(C)C.COCCCCC(C)C(C)(C)C. The van der Waals surface area contributed by atoms with Crippen molar-refractivity contribution in [3.8, 4) is 0 Å². The summed E-state index contributed by atoms with van der Waals surface area (Å²) in [6, 6.07) is 0. The fourth-order valence-electron chi connectivity index (χ4n) is 11.2. The van der Waals surface area contributed by atoms with Gasteiger partial charge < -0.3 is 28.4 Å². The van der Waals surface area contributed by atoms with Gasteiger partial charge in [0, 0.05) is 80.8 Å². The summed E-state index contributed by atoms with van der Waals surface area (Å²) in [5, 5.41) is 0. The maximum absolute atomic E-state index is 5.30. The van der Waals surface area contributed by atoms with Gasteiger partial charge in [-0.15, -0.1) is 6.58 Å². The predicted molar refractivity (Wildman–Crippen MR) is 665 cm³/mol. The van der Waals surface area contributed by atoms with Crippen LogP contribution in [0, 0.1) is 146 Å². The molecule has 6 nitrogen and oxygen atoms in total. The summed E-state index contributed by atoms with van der Waals surface area (Å²) in [4.78, 5) is 0. The number of hydrogen-bond acceptors (Lipinski definition) is 6. The van der Waals surface area contributed by atoms with E-state index in [0.29, 0.717) is 81.2 Å². The van der Waals surface area contributed by atoms with E-state index in [4.69, 9.17) is 28.4 Å². The van der Waals surface area contributed by atoms with Crippen molar-refractivity contribution in [1.29, 1.82) is 0 Å². The monoisotopic (exact) mass is 2030 g/mol. The van der Waals surface area contributed by atoms with Crippen LogP contribution in [0.25, 0.3) is 0 Å². The summed E-state index contributed by atoms with van der Waals surface area (Å²) in [7, 11) is 5.30. The molecular formula is C136H296O6. The van der Waals surface area contributed by atoms with Crippen LogP contribution in [0.2, 0.25) is 0 Å². The first-order valence-corrected chi connectivity index (χ1v) is 59.8. The van der Waals surface area contributed by atoms with E-state index in [1.165, 1.54) is 191 Å². The number of hydrogen-bond donors (Lipinski definition) is 0. The lowest BCUT2D eigenvalue weighted by Crippen LogP contribution is -2.22. The van der Waals surface area contributed by atoms with Crippen LogP contribution in [-0.4, -0.2) is 80.8 Å². The van der Waals surface area contributed by atoms with Crippen molar-refractivity contribution in [3.05, 3.63) is 24.3 Å². The first kappa shape index (κ1) is 172. The molecule has 1 aliphatic rings. The fourth-order valence-corrected chi connectivity index (χ4v) is 11.2. The molecule has 9 atom stereocenters. The summed E-state index contributed by atoms with van der Waals surface area (Å²) in [5.74, 6) is 9.06. The van der Waals surface area contributed by atoms with E-state index >= 15 is 0 Å². The standard InChI is InChI=1S/C13H28.C12H26O.2C11H24O.2C10H22O.C10H20.C9H20O.C9H18.2C8H18.C7H16.C7H14.C6H14.C5H12/c1-6-7-8-9-10-11-12(2)13(3,4)5;1-6-13-10-8-7-9-11(2)12(3,4)5;1-10(11(2,3)4)8-6-7-9-12-5;1-6-12-9-7-8-10(2)11(3,4)5;1-9(10(2,3)4)7-6-8-11-5;1-6-11-8-7-9(2)10(3,4)5;1-10(2,3)9-7-5-4-6-8-9;1-8(6-7-10-5)9(2,3)4;1-8(2)6-7-9(3,4)5;2*1-6-7(2)8(3,4)5;2*1-6(2)7(3,4)5;1-5-6(2,3)4;1-5(2,3)4/h12H,6-11H2,1-5H3;11H,6-10H2,1-5H3;2*10H,6-9H2,1-5H3;2*9H,6-8H2,1-5H3;9H,4-8H2,1-3H3;8H,6-7H2,1-5H3;1,6-7H2,2-5H3;2*7H,6H2,1-5H3;6H,1-5H3;1H2,2-5H3;5H2,1-4H3;1-4H3. The normalized spacial score (nSPS) is 14.9. The lowest BCUT2D eigenvalue weighted by Gasteiger charge is -2.33. The van der Waals surface area contributed by atoms with Crippen molar-refractivity contribution in [2.24, 2.45) is 146 Å². The third-order valence-corrected chi connectivity index (χ3v) is 30.9. The van der Waals surface area contributed by atoms with Crippen LogP contribution in [0.1, 0.15) is 637 Å². The van der Waals surface area contributed by atoms with Gasteiger partial charge in [-0.3, -0.25) is 0 Å². The lowest BCUT2D eigenvalue weighted by atomic mass is 9.72. The van der Waals surface area contributed by atoms with E-state index in [1.807, 2.05) is 13.8 Å². The average molecular weight is 2030 g/mol. The average Bonchev–Trinajstić information content (AvgIpc) is 0.875. The first-order chi connectivity index (χ1) is 63.3. The number of rotatable bonds is 37. The lowest BCUT2D eigenvalue weighted by molar-refractivity contribution is 0.112. The van der Waals surface area contributed by atoms with Crippen LogP contribution in [-0.2, 0) is 28.4 Å². The Balaban J connectivity index is -0.000000104. The van der Waals surface area contributed by atoms with Crippen LogP contribution < -0.4 is 0 Å². The molecule has 1 fully saturated rings. The Hall–Kier alpha value is -0.760. The Kier molecular flexibility index (Phi) is 112. The highest BCUT2D eigenvalue weighted by molar-refractivity contribution is 5.00. The summed E-state index contributed by atoms with van der Waals surface area (Å²) in [6.07, 6.45) is 37.1. The Bertz CT molecular complexity index is 2430. The minimum absolute atomic E-state index is 0.306. The number of allylic oxidation sites excluding steroid dienone is 2. The Morgan fingerprint density at radius 1 is 0.268 bits per heavy atom. The molecule has 0 aromatic rings. The third kappa shape index (κ3) is 152. The summed E-state index contributed by atoms with van der Waals surface area (Å²) in [5.41, 5.74) is 9.64. The molecule has 1 aliphatic carbocycles. The van der Waals surface area contributed by atoms with Gasteiger partial charge in [-0.25, -0.2) is 0 Å². The molecule has 0 saturated heterocycles. The second-order valence-corrected chi connectivity index (χ2v) is 61.0. The molecule has 0 aromatic heterocycles. The maximum Gasteiger partial charge on any atom is 0.0468 e. The second kappa shape index (κ2) is 92.7. The van der Waals surface area contributed by atoms with Crippen molar-refractivity contribution in [3.63, 3.8) is 0 Å². The van der Waals surface area contributed by atoms with Crippen molar-refractivity contribution in [2.75, 3.05) is 80.8 Å². The van der Waals surface area contributed by atoms with Gasteiger partial charge >= 0.3 is 0 Å². The Morgan fingerprint density at radius 2 is 0.486 bits per heavy atom. The molecule has 0 spiro atoms. The highest BCUT2D eigenvalue weighted by Crippen LogP contribution is 2.39. The predicted octanol–water partition coefficient (Wildman–Crippen LogP) is 47.7. The van der Waals surface area contributed by atoms with Crippen LogP contribution in [0.15, 0.2) is 24.3 Å². The zero-order valence-electron chi connectivity index (χ0n) is 114. The number of methoxy groups -OCH3 is 3. The molecule has 876 valence electrons. The van der Waals surface area contributed by atoms with Gasteiger partial charge in [-0.1, -0.05) is 543 Å². The molecule has 0 radical (unpaired) electrons. The highest BCUT2D eigenvalue weighted by atomic mass is 16.5. The third-order valence-electron chi connectivity index (χ3n) is 30.9. The first-order valence-electron chi connectivity index (χ1n) is 59.8. The molecule has 0 aliphatic heterocycles. The highest BCUT2D eigenvalue weighted by Gasteiger charge is 2.28. The van der Waals surface area contributed by atoms with E-state index in [-0.39, 0.29) is 0 Å². The molecule has 0 N–H and O–H groups in total. The van der Waals surface area contributed by atoms with Gasteiger partial charge in [-0.2, -0.15) is 0 Å². The van der Waals surface area contributed by atoms with Crippen LogP contribution in [0.4, 0.5) is 0 Å². The molecule has 9 unspecified atom stereocenters. The molecule has 0 aromatic carbocycles. The van der Waals surface area contributed by atoms with Gasteiger partial charge in [-0.05, 0) is 258 Å². The smallest absolute Gasteiger partial charge is 0.0468 e. The minimum Gasteiger partial charge on any atom is -0.385 e. The van der Waals surface area contributed by atoms with E-state index in [2.05, 4.69) is 456 Å². The number of ether oxygens (including phenoxy) is 6. The molecule has 6 heteroatoms. The van der Waals surface area contributed by atoms with Gasteiger partial charge in [0.05, 0.1) is 0 Å². The number of unbranched alkanes of at least 4 members (excludes halogenated alkanes) is 6. The van der Waals surface area contributed by atoms with Crippen molar-refractivity contribution in [1.82, 2.24) is 0 Å². The quantitative estimate of drug-likeness (QED) is 0.0456. The summed E-state index contributed by atoms with van der Waals surface area (Å²) < 4.78 is 30.9. The Labute approximate surface area is 910 Å². The fraction of sp³-hybridized carbons (Fsp3) is 0.971. The van der Waals surface area contributed by atoms with Crippen LogP contribution >= 0.6 is 0 Å². The van der Waals surface area contributed by atoms with E-state index in [1.54, 1.807) is 21.3 Å². The molecule has 1 rings (SSSR count). The topological polar surface area (TPSA) is 55.4 Å². The van der Waals surface area contributed by atoms with E-state index in [0.717, 1.165) is 125 Å². The molecule has 0 amide bonds. The summed E-state index contributed by atoms with van der Waals surface area (Å²) >= 11 is 0. The van der Waals surface area contributed by atoms with Crippen LogP contribution in [0.5, 0.6) is 0 Å². The summed E-state index contributed by atoms with van der Waals surface area (Å²) in [6.45, 7) is 165. The van der Waals surface area contributed by atoms with Gasteiger partial charge in [0.1, 0.15) is 0 Å². The van der Waals surface area contributed by atoms with Gasteiger partial charge in [0.15, 0.2) is 0 Å². The van der Waals surface area contributed by atoms with E-state index < -0.39 is 0 Å². The van der Waals surface area contributed by atoms with Crippen molar-refractivity contribution < 1.29 is 28.4 Å². The molecule has 0 bridgehead atoms.